The van der Waals surface area contributed by atoms with E-state index in [1.807, 2.05) is 0 Å². The molecule has 1 saturated carbocycles. The summed E-state index contributed by atoms with van der Waals surface area (Å²) in [5.41, 5.74) is -0.538. The fourth-order valence-electron chi connectivity index (χ4n) is 3.00. The smallest absolute Gasteiger partial charge is 0.317 e. The number of carbonyl (C=O) groups is 2. The van der Waals surface area contributed by atoms with Crippen molar-refractivity contribution in [2.24, 2.45) is 0 Å². The molecular weight excluding hydrogens is 244 g/mol. The van der Waals surface area contributed by atoms with E-state index in [1.165, 1.54) is 0 Å². The summed E-state index contributed by atoms with van der Waals surface area (Å²) in [6, 6.07) is 0.0696. The van der Waals surface area contributed by atoms with Crippen molar-refractivity contribution in [1.29, 1.82) is 0 Å². The number of hydrogen-bond acceptors (Lipinski definition) is 2. The summed E-state index contributed by atoms with van der Waals surface area (Å²) in [7, 11) is 1.79. The maximum atomic E-state index is 12.3. The molecule has 19 heavy (non-hydrogen) atoms. The standard InChI is InChI=1S/C14H26N2O3/c1-4-11(5-2)16(3)13(19)15-14(10-12(17)18)8-6-7-9-14/h11H,4-10H2,1-3H3,(H,15,19)(H,17,18). The van der Waals surface area contributed by atoms with Gasteiger partial charge in [0.2, 0.25) is 0 Å². The van der Waals surface area contributed by atoms with Crippen molar-refractivity contribution in [2.75, 3.05) is 7.05 Å². The van der Waals surface area contributed by atoms with Gasteiger partial charge >= 0.3 is 12.0 Å². The van der Waals surface area contributed by atoms with E-state index in [0.717, 1.165) is 38.5 Å². The Balaban J connectivity index is 2.68. The van der Waals surface area contributed by atoms with Gasteiger partial charge in [0.25, 0.3) is 0 Å². The monoisotopic (exact) mass is 270 g/mol. The predicted octanol–water partition coefficient (Wildman–Crippen LogP) is 2.60. The summed E-state index contributed by atoms with van der Waals surface area (Å²) >= 11 is 0. The summed E-state index contributed by atoms with van der Waals surface area (Å²) in [4.78, 5) is 25.0. The first-order chi connectivity index (χ1) is 8.94. The molecule has 0 aromatic heterocycles. The zero-order valence-corrected chi connectivity index (χ0v) is 12.2. The lowest BCUT2D eigenvalue weighted by Gasteiger charge is -2.34. The number of amides is 2. The van der Waals surface area contributed by atoms with Crippen LogP contribution >= 0.6 is 0 Å². The minimum absolute atomic E-state index is 0.0233. The van der Waals surface area contributed by atoms with Gasteiger partial charge in [-0.25, -0.2) is 4.79 Å². The van der Waals surface area contributed by atoms with E-state index in [1.54, 1.807) is 11.9 Å². The van der Waals surface area contributed by atoms with Gasteiger partial charge in [0, 0.05) is 13.1 Å². The number of carbonyl (C=O) groups excluding carboxylic acids is 1. The molecule has 1 aliphatic carbocycles. The predicted molar refractivity (Wildman–Crippen MR) is 74.1 cm³/mol. The molecule has 1 rings (SSSR count). The van der Waals surface area contributed by atoms with Crippen molar-refractivity contribution in [2.45, 2.75) is 70.4 Å². The van der Waals surface area contributed by atoms with E-state index in [4.69, 9.17) is 5.11 Å². The first kappa shape index (κ1) is 15.8. The average molecular weight is 270 g/mol. The molecule has 0 spiro atoms. The summed E-state index contributed by atoms with van der Waals surface area (Å²) in [5.74, 6) is -0.840. The molecular formula is C14H26N2O3. The van der Waals surface area contributed by atoms with Gasteiger partial charge in [0.05, 0.1) is 12.0 Å². The molecule has 0 radical (unpaired) electrons. The normalized spacial score (nSPS) is 17.5. The highest BCUT2D eigenvalue weighted by molar-refractivity contribution is 5.77. The van der Waals surface area contributed by atoms with E-state index < -0.39 is 11.5 Å². The Morgan fingerprint density at radius 3 is 2.21 bits per heavy atom. The van der Waals surface area contributed by atoms with Crippen LogP contribution in [0.5, 0.6) is 0 Å². The SMILES string of the molecule is CCC(CC)N(C)C(=O)NC1(CC(=O)O)CCCC1. The summed E-state index contributed by atoms with van der Waals surface area (Å²) < 4.78 is 0. The lowest BCUT2D eigenvalue weighted by Crippen LogP contribution is -2.54. The number of nitrogens with one attached hydrogen (secondary N) is 1. The molecule has 1 aliphatic rings. The number of aliphatic carboxylic acids is 1. The molecule has 5 heteroatoms. The molecule has 0 aromatic rings. The zero-order chi connectivity index (χ0) is 14.5. The largest absolute Gasteiger partial charge is 0.481 e. The Bertz CT molecular complexity index is 321. The van der Waals surface area contributed by atoms with Crippen molar-refractivity contribution in [1.82, 2.24) is 10.2 Å². The maximum Gasteiger partial charge on any atom is 0.317 e. The van der Waals surface area contributed by atoms with E-state index >= 15 is 0 Å². The number of urea groups is 1. The van der Waals surface area contributed by atoms with Gasteiger partial charge in [-0.3, -0.25) is 4.79 Å². The minimum Gasteiger partial charge on any atom is -0.481 e. The molecule has 0 aliphatic heterocycles. The second-order valence-electron chi connectivity index (χ2n) is 5.57. The lowest BCUT2D eigenvalue weighted by atomic mass is 9.93. The van der Waals surface area contributed by atoms with Crippen LogP contribution in [0.2, 0.25) is 0 Å². The van der Waals surface area contributed by atoms with Crippen molar-refractivity contribution in [3.8, 4) is 0 Å². The Morgan fingerprint density at radius 1 is 1.26 bits per heavy atom. The van der Waals surface area contributed by atoms with Crippen LogP contribution in [0.4, 0.5) is 4.79 Å². The van der Waals surface area contributed by atoms with Crippen molar-refractivity contribution in [3.63, 3.8) is 0 Å². The Morgan fingerprint density at radius 2 is 1.79 bits per heavy atom. The van der Waals surface area contributed by atoms with Crippen LogP contribution in [0, 0.1) is 0 Å². The van der Waals surface area contributed by atoms with Gasteiger partial charge in [-0.1, -0.05) is 26.7 Å². The first-order valence-corrected chi connectivity index (χ1v) is 7.21. The Kier molecular flexibility index (Phi) is 5.63. The molecule has 5 nitrogen and oxygen atoms in total. The third kappa shape index (κ3) is 4.11. The van der Waals surface area contributed by atoms with Crippen molar-refractivity contribution in [3.05, 3.63) is 0 Å². The average Bonchev–Trinajstić information content (AvgIpc) is 2.77. The van der Waals surface area contributed by atoms with Gasteiger partial charge in [-0.2, -0.15) is 0 Å². The fraction of sp³-hybridized carbons (Fsp3) is 0.857. The van der Waals surface area contributed by atoms with Crippen LogP contribution in [-0.4, -0.2) is 40.6 Å². The molecule has 0 unspecified atom stereocenters. The van der Waals surface area contributed by atoms with E-state index in [9.17, 15) is 9.59 Å². The topological polar surface area (TPSA) is 69.6 Å². The second-order valence-corrected chi connectivity index (χ2v) is 5.57. The highest BCUT2D eigenvalue weighted by Gasteiger charge is 2.38. The highest BCUT2D eigenvalue weighted by atomic mass is 16.4. The third-order valence-electron chi connectivity index (χ3n) is 4.23. The summed E-state index contributed by atoms with van der Waals surface area (Å²) in [5, 5.41) is 12.0. The third-order valence-corrected chi connectivity index (χ3v) is 4.23. The van der Waals surface area contributed by atoms with E-state index in [0.29, 0.717) is 0 Å². The van der Waals surface area contributed by atoms with Crippen LogP contribution in [0.3, 0.4) is 0 Å². The number of rotatable bonds is 6. The number of hydrogen-bond donors (Lipinski definition) is 2. The highest BCUT2D eigenvalue weighted by Crippen LogP contribution is 2.32. The van der Waals surface area contributed by atoms with Crippen LogP contribution in [0.1, 0.15) is 58.8 Å². The second kappa shape index (κ2) is 6.78. The van der Waals surface area contributed by atoms with E-state index in [2.05, 4.69) is 19.2 Å². The molecule has 0 saturated heterocycles. The van der Waals surface area contributed by atoms with Gasteiger partial charge in [0.15, 0.2) is 0 Å². The fourth-order valence-corrected chi connectivity index (χ4v) is 3.00. The van der Waals surface area contributed by atoms with Gasteiger partial charge in [-0.15, -0.1) is 0 Å². The number of nitrogens with zero attached hydrogens (tertiary/aromatic N) is 1. The van der Waals surface area contributed by atoms with E-state index in [-0.39, 0.29) is 18.5 Å². The molecule has 2 N–H and O–H groups in total. The first-order valence-electron chi connectivity index (χ1n) is 7.21. The van der Waals surface area contributed by atoms with Crippen molar-refractivity contribution < 1.29 is 14.7 Å². The molecule has 0 bridgehead atoms. The lowest BCUT2D eigenvalue weighted by molar-refractivity contribution is -0.138. The number of carboxylic acids is 1. The van der Waals surface area contributed by atoms with Crippen LogP contribution < -0.4 is 5.32 Å². The summed E-state index contributed by atoms with van der Waals surface area (Å²) in [6.07, 6.45) is 5.35. The van der Waals surface area contributed by atoms with Crippen molar-refractivity contribution >= 4 is 12.0 Å². The Hall–Kier alpha value is -1.26. The number of carboxylic acid groups (broad SMARTS) is 1. The quantitative estimate of drug-likeness (QED) is 0.779. The van der Waals surface area contributed by atoms with Crippen LogP contribution in [0.25, 0.3) is 0 Å². The van der Waals surface area contributed by atoms with Crippen LogP contribution in [0.15, 0.2) is 0 Å². The van der Waals surface area contributed by atoms with Gasteiger partial charge in [-0.05, 0) is 25.7 Å². The molecule has 110 valence electrons. The summed E-state index contributed by atoms with van der Waals surface area (Å²) in [6.45, 7) is 4.11. The zero-order valence-electron chi connectivity index (χ0n) is 12.2. The van der Waals surface area contributed by atoms with Gasteiger partial charge < -0.3 is 15.3 Å². The molecule has 0 atom stereocenters. The molecule has 2 amide bonds. The minimum atomic E-state index is -0.840. The van der Waals surface area contributed by atoms with Gasteiger partial charge in [0.1, 0.15) is 0 Å². The Labute approximate surface area is 115 Å². The molecule has 0 heterocycles. The maximum absolute atomic E-state index is 12.3. The molecule has 1 fully saturated rings. The van der Waals surface area contributed by atoms with Crippen LogP contribution in [-0.2, 0) is 4.79 Å². The molecule has 0 aromatic carbocycles.